The predicted molar refractivity (Wildman–Crippen MR) is 139 cm³/mol. The Bertz CT molecular complexity index is 1270. The molecule has 0 saturated heterocycles. The van der Waals surface area contributed by atoms with E-state index in [1.807, 2.05) is 11.3 Å². The van der Waals surface area contributed by atoms with Crippen LogP contribution in [0, 0.1) is 0 Å². The Morgan fingerprint density at radius 2 is 1.52 bits per heavy atom. The Morgan fingerprint density at radius 3 is 2.23 bits per heavy atom. The summed E-state index contributed by atoms with van der Waals surface area (Å²) in [7, 11) is 0. The van der Waals surface area contributed by atoms with Crippen molar-refractivity contribution in [1.29, 1.82) is 0 Å². The van der Waals surface area contributed by atoms with E-state index in [-0.39, 0.29) is 5.41 Å². The monoisotopic (exact) mass is 426 g/mol. The first-order valence-electron chi connectivity index (χ1n) is 12.0. The van der Waals surface area contributed by atoms with Gasteiger partial charge in [0, 0.05) is 20.2 Å². The van der Waals surface area contributed by atoms with Crippen LogP contribution in [0.1, 0.15) is 82.1 Å². The maximum atomic E-state index is 2.45. The minimum Gasteiger partial charge on any atom is -0.135 e. The molecule has 4 aromatic rings. The van der Waals surface area contributed by atoms with Crippen LogP contribution in [0.3, 0.4) is 0 Å². The molecule has 0 amide bonds. The summed E-state index contributed by atoms with van der Waals surface area (Å²) < 4.78 is 2.83. The van der Waals surface area contributed by atoms with Gasteiger partial charge in [-0.15, -0.1) is 11.3 Å². The van der Waals surface area contributed by atoms with Gasteiger partial charge in [0.05, 0.1) is 0 Å². The van der Waals surface area contributed by atoms with Crippen molar-refractivity contribution in [3.8, 4) is 11.1 Å². The van der Waals surface area contributed by atoms with E-state index in [1.54, 1.807) is 16.7 Å². The van der Waals surface area contributed by atoms with Crippen LogP contribution >= 0.6 is 11.3 Å². The fraction of sp³-hybridized carbons (Fsp3) is 0.400. The average Bonchev–Trinajstić information content (AvgIpc) is 3.15. The van der Waals surface area contributed by atoms with Crippen molar-refractivity contribution in [2.24, 2.45) is 0 Å². The van der Waals surface area contributed by atoms with Gasteiger partial charge in [-0.2, -0.15) is 0 Å². The molecule has 0 N–H and O–H groups in total. The summed E-state index contributed by atoms with van der Waals surface area (Å²) in [5, 5.41) is 2.80. The van der Waals surface area contributed by atoms with E-state index < -0.39 is 0 Å². The lowest BCUT2D eigenvalue weighted by Crippen LogP contribution is -2.21. The van der Waals surface area contributed by atoms with Gasteiger partial charge >= 0.3 is 0 Å². The summed E-state index contributed by atoms with van der Waals surface area (Å²) in [5.41, 5.74) is 9.39. The highest BCUT2D eigenvalue weighted by molar-refractivity contribution is 7.25. The molecule has 0 nitrogen and oxygen atoms in total. The second-order valence-electron chi connectivity index (χ2n) is 10.3. The Balaban J connectivity index is 1.66. The third kappa shape index (κ3) is 3.52. The molecule has 3 aromatic carbocycles. The summed E-state index contributed by atoms with van der Waals surface area (Å²) in [6.45, 7) is 11.7. The quantitative estimate of drug-likeness (QED) is 0.305. The summed E-state index contributed by atoms with van der Waals surface area (Å²) >= 11 is 1.95. The second kappa shape index (κ2) is 7.78. The van der Waals surface area contributed by atoms with Crippen molar-refractivity contribution in [2.75, 3.05) is 0 Å². The molecule has 1 aliphatic carbocycles. The molecule has 0 fully saturated rings. The van der Waals surface area contributed by atoms with E-state index in [0.29, 0.717) is 5.92 Å². The molecule has 0 unspecified atom stereocenters. The largest absolute Gasteiger partial charge is 0.135 e. The van der Waals surface area contributed by atoms with Gasteiger partial charge in [0.15, 0.2) is 0 Å². The average molecular weight is 427 g/mol. The molecule has 0 bridgehead atoms. The Hall–Kier alpha value is -2.12. The molecular weight excluding hydrogens is 392 g/mol. The summed E-state index contributed by atoms with van der Waals surface area (Å²) in [6, 6.07) is 19.1. The predicted octanol–water partition coefficient (Wildman–Crippen LogP) is 9.41. The van der Waals surface area contributed by atoms with Crippen molar-refractivity contribution >= 4 is 31.5 Å². The lowest BCUT2D eigenvalue weighted by Gasteiger charge is -2.31. The van der Waals surface area contributed by atoms with Crippen LogP contribution in [0.2, 0.25) is 0 Å². The maximum absolute atomic E-state index is 2.45. The Kier molecular flexibility index (Phi) is 5.21. The minimum atomic E-state index is 0.253. The highest BCUT2D eigenvalue weighted by Crippen LogP contribution is 2.42. The Morgan fingerprint density at radius 1 is 0.839 bits per heavy atom. The van der Waals surface area contributed by atoms with E-state index >= 15 is 0 Å². The fourth-order valence-electron chi connectivity index (χ4n) is 5.28. The van der Waals surface area contributed by atoms with Crippen LogP contribution in [0.25, 0.3) is 31.3 Å². The molecule has 1 heteroatoms. The molecule has 1 aromatic heterocycles. The molecule has 0 aliphatic heterocycles. The maximum Gasteiger partial charge on any atom is 0.0361 e. The van der Waals surface area contributed by atoms with Crippen LogP contribution in [0.4, 0.5) is 0 Å². The zero-order chi connectivity index (χ0) is 21.8. The van der Waals surface area contributed by atoms with Gasteiger partial charge in [0.2, 0.25) is 0 Å². The minimum absolute atomic E-state index is 0.253. The van der Waals surface area contributed by atoms with Crippen molar-refractivity contribution in [2.45, 2.75) is 78.1 Å². The van der Waals surface area contributed by atoms with Crippen LogP contribution in [-0.2, 0) is 18.3 Å². The van der Waals surface area contributed by atoms with E-state index in [9.17, 15) is 0 Å². The number of rotatable bonds is 4. The third-order valence-electron chi connectivity index (χ3n) is 7.62. The zero-order valence-corrected chi connectivity index (χ0v) is 20.5. The number of hydrogen-bond acceptors (Lipinski definition) is 1. The van der Waals surface area contributed by atoms with E-state index in [0.717, 1.165) is 0 Å². The first-order chi connectivity index (χ1) is 14.9. The summed E-state index contributed by atoms with van der Waals surface area (Å²) in [4.78, 5) is 0. The zero-order valence-electron chi connectivity index (χ0n) is 19.6. The molecule has 1 heterocycles. The Labute approximate surface area is 191 Å². The number of benzene rings is 3. The van der Waals surface area contributed by atoms with Gasteiger partial charge in [-0.05, 0) is 89.0 Å². The van der Waals surface area contributed by atoms with E-state index in [2.05, 4.69) is 83.1 Å². The van der Waals surface area contributed by atoms with E-state index in [1.165, 1.54) is 69.0 Å². The van der Waals surface area contributed by atoms with Gasteiger partial charge in [-0.3, -0.25) is 0 Å². The molecule has 0 atom stereocenters. The van der Waals surface area contributed by atoms with Crippen LogP contribution in [0.15, 0.2) is 48.5 Å². The first kappa shape index (κ1) is 20.8. The smallest absolute Gasteiger partial charge is 0.0361 e. The lowest BCUT2D eigenvalue weighted by molar-refractivity contribution is 0.495. The molecule has 31 heavy (non-hydrogen) atoms. The first-order valence-corrected chi connectivity index (χ1v) is 12.8. The standard InChI is InChI=1S/C30H34S/c1-6-30(4,5)27-16-15-22(23-9-7-8-10-24(23)27)21-12-14-26-25-13-11-20(19(2)3)17-28(25)31-29(26)18-21/h11-19H,6-10H2,1-5H3. The third-order valence-corrected chi connectivity index (χ3v) is 8.74. The molecule has 160 valence electrons. The van der Waals surface area contributed by atoms with Crippen LogP contribution in [0.5, 0.6) is 0 Å². The van der Waals surface area contributed by atoms with Crippen molar-refractivity contribution < 1.29 is 0 Å². The van der Waals surface area contributed by atoms with Gasteiger partial charge < -0.3 is 0 Å². The van der Waals surface area contributed by atoms with Gasteiger partial charge in [-0.1, -0.05) is 71.0 Å². The highest BCUT2D eigenvalue weighted by Gasteiger charge is 2.26. The molecule has 1 aliphatic rings. The van der Waals surface area contributed by atoms with Gasteiger partial charge in [0.1, 0.15) is 0 Å². The molecule has 5 rings (SSSR count). The summed E-state index contributed by atoms with van der Waals surface area (Å²) in [5.74, 6) is 0.572. The highest BCUT2D eigenvalue weighted by atomic mass is 32.1. The second-order valence-corrected chi connectivity index (χ2v) is 11.4. The van der Waals surface area contributed by atoms with Gasteiger partial charge in [-0.25, -0.2) is 0 Å². The number of hydrogen-bond donors (Lipinski definition) is 0. The van der Waals surface area contributed by atoms with E-state index in [4.69, 9.17) is 0 Å². The SMILES string of the molecule is CCC(C)(C)c1ccc(-c2ccc3c(c2)sc2cc(C(C)C)ccc23)c2c1CCCC2. The summed E-state index contributed by atoms with van der Waals surface area (Å²) in [6.07, 6.45) is 6.30. The number of fused-ring (bicyclic) bond motifs is 4. The van der Waals surface area contributed by atoms with Crippen molar-refractivity contribution in [3.05, 3.63) is 70.8 Å². The molecular formula is C30H34S. The lowest BCUT2D eigenvalue weighted by atomic mass is 9.73. The van der Waals surface area contributed by atoms with Crippen LogP contribution < -0.4 is 0 Å². The topological polar surface area (TPSA) is 0 Å². The fourth-order valence-corrected chi connectivity index (χ4v) is 6.48. The molecule has 0 spiro atoms. The van der Waals surface area contributed by atoms with Gasteiger partial charge in [0.25, 0.3) is 0 Å². The molecule has 0 radical (unpaired) electrons. The molecule has 0 saturated carbocycles. The number of thiophene rings is 1. The van der Waals surface area contributed by atoms with Crippen molar-refractivity contribution in [1.82, 2.24) is 0 Å². The normalized spacial score (nSPS) is 14.5. The van der Waals surface area contributed by atoms with Crippen LogP contribution in [-0.4, -0.2) is 0 Å². The van der Waals surface area contributed by atoms with Crippen molar-refractivity contribution in [3.63, 3.8) is 0 Å².